The van der Waals surface area contributed by atoms with E-state index in [9.17, 15) is 4.79 Å². The molecule has 7 nitrogen and oxygen atoms in total. The van der Waals surface area contributed by atoms with Gasteiger partial charge >= 0.3 is 0 Å². The number of benzene rings is 1. The monoisotopic (exact) mass is 341 g/mol. The van der Waals surface area contributed by atoms with E-state index in [1.165, 1.54) is 16.6 Å². The zero-order chi connectivity index (χ0) is 16.4. The minimum Gasteiger partial charge on any atom is -0.372 e. The predicted octanol–water partition coefficient (Wildman–Crippen LogP) is 2.37. The number of thiophene rings is 1. The lowest BCUT2D eigenvalue weighted by Gasteiger charge is -2.22. The summed E-state index contributed by atoms with van der Waals surface area (Å²) in [6.07, 6.45) is 2.53. The number of fused-ring (bicyclic) bond motifs is 1. The molecular formula is C16H15N5O2S. The van der Waals surface area contributed by atoms with Gasteiger partial charge in [-0.1, -0.05) is 12.1 Å². The number of tetrazole rings is 1. The van der Waals surface area contributed by atoms with E-state index in [2.05, 4.69) is 32.3 Å². The number of hydrogen-bond donors (Lipinski definition) is 1. The van der Waals surface area contributed by atoms with Crippen LogP contribution in [0.5, 0.6) is 0 Å². The van der Waals surface area contributed by atoms with Crippen LogP contribution in [0.3, 0.4) is 0 Å². The van der Waals surface area contributed by atoms with Crippen molar-refractivity contribution in [2.75, 3.05) is 11.9 Å². The molecule has 3 aromatic rings. The molecule has 122 valence electrons. The number of hydrogen-bond acceptors (Lipinski definition) is 6. The number of carbonyl (C=O) groups excluding carboxylic acids is 1. The van der Waals surface area contributed by atoms with E-state index in [0.717, 1.165) is 17.0 Å². The molecule has 0 fully saturated rings. The lowest BCUT2D eigenvalue weighted by atomic mass is 10.1. The largest absolute Gasteiger partial charge is 0.372 e. The van der Waals surface area contributed by atoms with Crippen molar-refractivity contribution in [1.82, 2.24) is 20.2 Å². The van der Waals surface area contributed by atoms with Crippen LogP contribution in [-0.4, -0.2) is 32.7 Å². The number of amides is 1. The van der Waals surface area contributed by atoms with Crippen molar-refractivity contribution in [2.24, 2.45) is 0 Å². The summed E-state index contributed by atoms with van der Waals surface area (Å²) < 4.78 is 7.30. The van der Waals surface area contributed by atoms with Crippen molar-refractivity contribution in [2.45, 2.75) is 18.9 Å². The molecule has 0 spiro atoms. The van der Waals surface area contributed by atoms with E-state index < -0.39 is 0 Å². The molecule has 8 heteroatoms. The molecule has 1 unspecified atom stereocenters. The van der Waals surface area contributed by atoms with Crippen LogP contribution < -0.4 is 5.32 Å². The van der Waals surface area contributed by atoms with E-state index in [1.807, 2.05) is 24.3 Å². The maximum atomic E-state index is 12.5. The first-order valence-electron chi connectivity index (χ1n) is 7.61. The summed E-state index contributed by atoms with van der Waals surface area (Å²) in [6, 6.07) is 9.51. The van der Waals surface area contributed by atoms with Crippen molar-refractivity contribution < 1.29 is 9.53 Å². The molecule has 1 aliphatic heterocycles. The topological polar surface area (TPSA) is 81.9 Å². The highest BCUT2D eigenvalue weighted by Gasteiger charge is 2.25. The minimum atomic E-state index is -0.172. The molecular weight excluding hydrogens is 326 g/mol. The van der Waals surface area contributed by atoms with Gasteiger partial charge in [-0.05, 0) is 46.0 Å². The van der Waals surface area contributed by atoms with Gasteiger partial charge in [0.2, 0.25) is 5.91 Å². The van der Waals surface area contributed by atoms with Crippen LogP contribution >= 0.6 is 11.3 Å². The van der Waals surface area contributed by atoms with Crippen molar-refractivity contribution >= 4 is 22.9 Å². The second-order valence-electron chi connectivity index (χ2n) is 5.44. The van der Waals surface area contributed by atoms with Crippen molar-refractivity contribution in [3.8, 4) is 5.69 Å². The quantitative estimate of drug-likeness (QED) is 0.788. The molecule has 0 saturated carbocycles. The average Bonchev–Trinajstić information content (AvgIpc) is 3.27. The summed E-state index contributed by atoms with van der Waals surface area (Å²) in [5.74, 6) is -0.0956. The Morgan fingerprint density at radius 1 is 1.38 bits per heavy atom. The van der Waals surface area contributed by atoms with E-state index in [1.54, 1.807) is 11.3 Å². The van der Waals surface area contributed by atoms with Gasteiger partial charge in [-0.25, -0.2) is 0 Å². The molecule has 1 aliphatic rings. The molecule has 0 bridgehead atoms. The van der Waals surface area contributed by atoms with Gasteiger partial charge in [-0.3, -0.25) is 4.79 Å². The summed E-state index contributed by atoms with van der Waals surface area (Å²) >= 11 is 1.65. The lowest BCUT2D eigenvalue weighted by Crippen LogP contribution is -2.21. The Labute approximate surface area is 142 Å². The van der Waals surface area contributed by atoms with Crippen molar-refractivity contribution in [3.63, 3.8) is 0 Å². The molecule has 2 aromatic heterocycles. The number of carbonyl (C=O) groups is 1. The molecule has 1 atom stereocenters. The first kappa shape index (κ1) is 15.0. The Kier molecular flexibility index (Phi) is 4.06. The Hall–Kier alpha value is -2.58. The molecule has 24 heavy (non-hydrogen) atoms. The number of aromatic nitrogens is 4. The van der Waals surface area contributed by atoms with Crippen LogP contribution in [0.25, 0.3) is 5.69 Å². The van der Waals surface area contributed by atoms with Gasteiger partial charge < -0.3 is 10.1 Å². The zero-order valence-corrected chi connectivity index (χ0v) is 13.6. The number of nitrogens with zero attached hydrogens (tertiary/aromatic N) is 4. The van der Waals surface area contributed by atoms with Gasteiger partial charge in [0.1, 0.15) is 12.4 Å². The summed E-state index contributed by atoms with van der Waals surface area (Å²) in [7, 11) is 0. The fraction of sp³-hybridized carbons (Fsp3) is 0.250. The van der Waals surface area contributed by atoms with Gasteiger partial charge in [0.25, 0.3) is 0 Å². The lowest BCUT2D eigenvalue weighted by molar-refractivity contribution is -0.119. The van der Waals surface area contributed by atoms with Crippen LogP contribution in [0.2, 0.25) is 0 Å². The molecule has 0 saturated heterocycles. The third-order valence-corrected chi connectivity index (χ3v) is 4.96. The third kappa shape index (κ3) is 2.93. The van der Waals surface area contributed by atoms with Gasteiger partial charge in [-0.15, -0.1) is 16.4 Å². The van der Waals surface area contributed by atoms with E-state index in [4.69, 9.17) is 4.74 Å². The third-order valence-electron chi connectivity index (χ3n) is 3.91. The van der Waals surface area contributed by atoms with Crippen molar-refractivity contribution in [1.29, 1.82) is 0 Å². The van der Waals surface area contributed by atoms with E-state index in [-0.39, 0.29) is 18.4 Å². The Bertz CT molecular complexity index is 846. The molecule has 3 heterocycles. The number of para-hydroxylation sites is 2. The SMILES string of the molecule is O=C(CC1OCCc2ccsc21)Nc1ccccc1-n1cnnn1. The first-order valence-corrected chi connectivity index (χ1v) is 8.49. The second kappa shape index (κ2) is 6.50. The fourth-order valence-corrected chi connectivity index (χ4v) is 3.80. The maximum absolute atomic E-state index is 12.5. The standard InChI is InChI=1S/C16H15N5O2S/c22-15(9-14-16-11(5-7-23-14)6-8-24-16)18-12-3-1-2-4-13(12)21-10-17-19-20-21/h1-4,6,8,10,14H,5,7,9H2,(H,18,22). The first-order chi connectivity index (χ1) is 11.8. The summed E-state index contributed by atoms with van der Waals surface area (Å²) in [5, 5.41) is 16.1. The van der Waals surface area contributed by atoms with E-state index in [0.29, 0.717) is 12.3 Å². The van der Waals surface area contributed by atoms with Gasteiger partial charge in [-0.2, -0.15) is 4.68 Å². The molecule has 0 aliphatic carbocycles. The Balaban J connectivity index is 1.50. The number of anilines is 1. The fourth-order valence-electron chi connectivity index (χ4n) is 2.80. The maximum Gasteiger partial charge on any atom is 0.227 e. The number of ether oxygens (including phenoxy) is 1. The highest BCUT2D eigenvalue weighted by Crippen LogP contribution is 2.34. The van der Waals surface area contributed by atoms with E-state index >= 15 is 0 Å². The molecule has 0 radical (unpaired) electrons. The molecule has 1 amide bonds. The van der Waals surface area contributed by atoms with Crippen LogP contribution in [0.15, 0.2) is 42.0 Å². The minimum absolute atomic E-state index is 0.0956. The summed E-state index contributed by atoms with van der Waals surface area (Å²) in [4.78, 5) is 13.6. The molecule has 1 N–H and O–H groups in total. The van der Waals surface area contributed by atoms with Gasteiger partial charge in [0.05, 0.1) is 24.4 Å². The van der Waals surface area contributed by atoms with Crippen LogP contribution in [0, 0.1) is 0 Å². The average molecular weight is 341 g/mol. The normalized spacial score (nSPS) is 16.6. The smallest absolute Gasteiger partial charge is 0.227 e. The zero-order valence-electron chi connectivity index (χ0n) is 12.8. The van der Waals surface area contributed by atoms with Crippen LogP contribution in [0.4, 0.5) is 5.69 Å². The molecule has 4 rings (SSSR count). The van der Waals surface area contributed by atoms with Gasteiger partial charge in [0.15, 0.2) is 0 Å². The van der Waals surface area contributed by atoms with Crippen LogP contribution in [0.1, 0.15) is 23.0 Å². The Morgan fingerprint density at radius 2 is 2.29 bits per heavy atom. The highest BCUT2D eigenvalue weighted by molar-refractivity contribution is 7.10. The highest BCUT2D eigenvalue weighted by atomic mass is 32.1. The predicted molar refractivity (Wildman–Crippen MR) is 89.1 cm³/mol. The summed E-state index contributed by atoms with van der Waals surface area (Å²) in [5.41, 5.74) is 2.67. The summed E-state index contributed by atoms with van der Waals surface area (Å²) in [6.45, 7) is 0.656. The second-order valence-corrected chi connectivity index (χ2v) is 6.39. The van der Waals surface area contributed by atoms with Gasteiger partial charge in [0, 0.05) is 4.88 Å². The Morgan fingerprint density at radius 3 is 3.17 bits per heavy atom. The van der Waals surface area contributed by atoms with Crippen molar-refractivity contribution in [3.05, 3.63) is 52.5 Å². The number of nitrogens with one attached hydrogen (secondary N) is 1. The van der Waals surface area contributed by atoms with Crippen LogP contribution in [-0.2, 0) is 16.0 Å². The number of rotatable bonds is 4. The molecule has 1 aromatic carbocycles.